The minimum Gasteiger partial charge on any atom is -0.493 e. The molecule has 0 fully saturated rings. The standard InChI is InChI=1S/C24H26N4O4.ClH/c1-13-5-7-16(8-6-13)12-32-18-10-9-17(11-19(18)31-4)22(20-14(2)25-27-23(20)29)21-15(3)26-28-24(21)30;/h5-11,22H,12H2,1-4H3,(H2,25,27,29)(H2,26,28,30);1H. The van der Waals surface area contributed by atoms with Gasteiger partial charge < -0.3 is 19.7 Å². The van der Waals surface area contributed by atoms with Gasteiger partial charge in [0.1, 0.15) is 6.61 Å². The fourth-order valence-electron chi connectivity index (χ4n) is 3.91. The highest BCUT2D eigenvalue weighted by Gasteiger charge is 2.28. The van der Waals surface area contributed by atoms with E-state index < -0.39 is 5.92 Å². The molecule has 4 N–H and O–H groups in total. The number of nitrogens with one attached hydrogen (secondary N) is 4. The molecule has 0 aliphatic heterocycles. The molecule has 2 heterocycles. The van der Waals surface area contributed by atoms with Crippen molar-refractivity contribution in [1.82, 2.24) is 20.4 Å². The molecule has 2 aromatic heterocycles. The summed E-state index contributed by atoms with van der Waals surface area (Å²) >= 11 is 0. The molecule has 0 radical (unpaired) electrons. The third kappa shape index (κ3) is 4.75. The number of benzene rings is 2. The molecule has 0 aliphatic rings. The second-order valence-electron chi connectivity index (χ2n) is 7.85. The van der Waals surface area contributed by atoms with Crippen LogP contribution in [0.3, 0.4) is 0 Å². The highest BCUT2D eigenvalue weighted by atomic mass is 35.5. The van der Waals surface area contributed by atoms with Gasteiger partial charge in [-0.2, -0.15) is 0 Å². The maximum Gasteiger partial charge on any atom is 0.268 e. The Morgan fingerprint density at radius 3 is 1.85 bits per heavy atom. The summed E-state index contributed by atoms with van der Waals surface area (Å²) in [4.78, 5) is 25.2. The van der Waals surface area contributed by atoms with E-state index in [0.29, 0.717) is 40.6 Å². The predicted molar refractivity (Wildman–Crippen MR) is 129 cm³/mol. The van der Waals surface area contributed by atoms with E-state index >= 15 is 0 Å². The molecule has 8 nitrogen and oxygen atoms in total. The summed E-state index contributed by atoms with van der Waals surface area (Å²) in [5, 5.41) is 10.9. The zero-order valence-electron chi connectivity index (χ0n) is 18.9. The molecule has 174 valence electrons. The van der Waals surface area contributed by atoms with Crippen LogP contribution in [-0.4, -0.2) is 27.5 Å². The van der Waals surface area contributed by atoms with Crippen LogP contribution in [0.25, 0.3) is 0 Å². The average molecular weight is 471 g/mol. The zero-order chi connectivity index (χ0) is 22.8. The molecule has 0 bridgehead atoms. The highest BCUT2D eigenvalue weighted by Crippen LogP contribution is 2.36. The number of ether oxygens (including phenoxy) is 2. The molecule has 9 heteroatoms. The van der Waals surface area contributed by atoms with Crippen LogP contribution in [0.2, 0.25) is 0 Å². The Balaban J connectivity index is 0.00000306. The molecule has 4 aromatic rings. The quantitative estimate of drug-likeness (QED) is 0.328. The van der Waals surface area contributed by atoms with Gasteiger partial charge in [-0.15, -0.1) is 12.4 Å². The molecule has 0 saturated heterocycles. The normalized spacial score (nSPS) is 10.8. The first-order chi connectivity index (χ1) is 15.4. The predicted octanol–water partition coefficient (Wildman–Crippen LogP) is 3.83. The molecule has 4 rings (SSSR count). The Bertz CT molecular complexity index is 1290. The first-order valence-corrected chi connectivity index (χ1v) is 10.3. The third-order valence-electron chi connectivity index (χ3n) is 5.64. The van der Waals surface area contributed by atoms with E-state index in [4.69, 9.17) is 9.47 Å². The van der Waals surface area contributed by atoms with Crippen LogP contribution in [0.1, 0.15) is 45.1 Å². The van der Waals surface area contributed by atoms with E-state index in [0.717, 1.165) is 11.1 Å². The molecule has 2 aromatic carbocycles. The van der Waals surface area contributed by atoms with Gasteiger partial charge in [-0.3, -0.25) is 19.8 Å². The maximum atomic E-state index is 12.6. The van der Waals surface area contributed by atoms with Crippen molar-refractivity contribution >= 4 is 12.4 Å². The molecule has 33 heavy (non-hydrogen) atoms. The number of H-pyrrole nitrogens is 4. The summed E-state index contributed by atoms with van der Waals surface area (Å²) in [6.07, 6.45) is 0. The Morgan fingerprint density at radius 2 is 1.36 bits per heavy atom. The van der Waals surface area contributed by atoms with Crippen molar-refractivity contribution in [3.8, 4) is 11.5 Å². The number of hydrogen-bond donors (Lipinski definition) is 4. The molecular weight excluding hydrogens is 444 g/mol. The van der Waals surface area contributed by atoms with Gasteiger partial charge in [0.2, 0.25) is 0 Å². The van der Waals surface area contributed by atoms with Crippen LogP contribution in [0, 0.1) is 20.8 Å². The lowest BCUT2D eigenvalue weighted by atomic mass is 9.85. The highest BCUT2D eigenvalue weighted by molar-refractivity contribution is 5.85. The van der Waals surface area contributed by atoms with Crippen molar-refractivity contribution in [2.75, 3.05) is 7.11 Å². The third-order valence-corrected chi connectivity index (χ3v) is 5.64. The molecule has 0 spiro atoms. The molecular formula is C24H27ClN4O4. The number of hydrogen-bond acceptors (Lipinski definition) is 4. The fourth-order valence-corrected chi connectivity index (χ4v) is 3.91. The first kappa shape index (κ1) is 24.0. The number of aromatic amines is 4. The van der Waals surface area contributed by atoms with Crippen LogP contribution in [0.15, 0.2) is 52.1 Å². The Kier molecular flexibility index (Phi) is 7.18. The largest absolute Gasteiger partial charge is 0.493 e. The lowest BCUT2D eigenvalue weighted by Crippen LogP contribution is -2.20. The molecule has 0 unspecified atom stereocenters. The van der Waals surface area contributed by atoms with E-state index in [1.165, 1.54) is 5.56 Å². The second kappa shape index (κ2) is 9.87. The van der Waals surface area contributed by atoms with Crippen LogP contribution in [0.5, 0.6) is 11.5 Å². The first-order valence-electron chi connectivity index (χ1n) is 10.3. The number of halogens is 1. The second-order valence-corrected chi connectivity index (χ2v) is 7.85. The zero-order valence-corrected chi connectivity index (χ0v) is 19.7. The Hall–Kier alpha value is -3.65. The molecule has 0 aliphatic carbocycles. The van der Waals surface area contributed by atoms with Crippen LogP contribution >= 0.6 is 12.4 Å². The topological polar surface area (TPSA) is 116 Å². The Morgan fingerprint density at radius 1 is 0.788 bits per heavy atom. The van der Waals surface area contributed by atoms with Crippen molar-refractivity contribution in [3.05, 3.63) is 102 Å². The summed E-state index contributed by atoms with van der Waals surface area (Å²) in [7, 11) is 1.57. The number of aryl methyl sites for hydroxylation is 3. The van der Waals surface area contributed by atoms with Gasteiger partial charge in [0.05, 0.1) is 18.2 Å². The summed E-state index contributed by atoms with van der Waals surface area (Å²) in [6, 6.07) is 13.6. The van der Waals surface area contributed by atoms with Crippen LogP contribution in [0.4, 0.5) is 0 Å². The van der Waals surface area contributed by atoms with Gasteiger partial charge in [0.15, 0.2) is 11.5 Å². The van der Waals surface area contributed by atoms with E-state index in [1.807, 2.05) is 49.4 Å². The van der Waals surface area contributed by atoms with Gasteiger partial charge in [-0.05, 0) is 44.0 Å². The fraction of sp³-hybridized carbons (Fsp3) is 0.250. The summed E-state index contributed by atoms with van der Waals surface area (Å²) < 4.78 is 11.6. The van der Waals surface area contributed by atoms with Crippen molar-refractivity contribution in [1.29, 1.82) is 0 Å². The number of aromatic nitrogens is 4. The van der Waals surface area contributed by atoms with Gasteiger partial charge in [-0.25, -0.2) is 0 Å². The van der Waals surface area contributed by atoms with Crippen molar-refractivity contribution < 1.29 is 9.47 Å². The number of methoxy groups -OCH3 is 1. The van der Waals surface area contributed by atoms with Gasteiger partial charge in [0, 0.05) is 17.3 Å². The smallest absolute Gasteiger partial charge is 0.268 e. The van der Waals surface area contributed by atoms with Crippen molar-refractivity contribution in [3.63, 3.8) is 0 Å². The monoisotopic (exact) mass is 470 g/mol. The minimum absolute atomic E-state index is 0. The average Bonchev–Trinajstić information content (AvgIpc) is 3.30. The lowest BCUT2D eigenvalue weighted by molar-refractivity contribution is 0.284. The summed E-state index contributed by atoms with van der Waals surface area (Å²) in [5.74, 6) is 0.517. The van der Waals surface area contributed by atoms with Crippen LogP contribution in [-0.2, 0) is 6.61 Å². The van der Waals surface area contributed by atoms with Gasteiger partial charge in [0.25, 0.3) is 11.1 Å². The SMILES string of the molecule is COc1cc(C(c2c(C)[nH][nH]c2=O)c2c(C)[nH][nH]c2=O)ccc1OCc1ccc(C)cc1.Cl. The van der Waals surface area contributed by atoms with E-state index in [2.05, 4.69) is 20.4 Å². The number of rotatable bonds is 7. The Labute approximate surface area is 196 Å². The molecule has 0 atom stereocenters. The molecule has 0 amide bonds. The summed E-state index contributed by atoms with van der Waals surface area (Å²) in [5.41, 5.74) is 4.72. The van der Waals surface area contributed by atoms with E-state index in [-0.39, 0.29) is 23.5 Å². The lowest BCUT2D eigenvalue weighted by Gasteiger charge is -2.18. The van der Waals surface area contributed by atoms with E-state index in [9.17, 15) is 9.59 Å². The van der Waals surface area contributed by atoms with Gasteiger partial charge in [-0.1, -0.05) is 35.9 Å². The van der Waals surface area contributed by atoms with Crippen molar-refractivity contribution in [2.45, 2.75) is 33.3 Å². The van der Waals surface area contributed by atoms with E-state index in [1.54, 1.807) is 21.0 Å². The van der Waals surface area contributed by atoms with Crippen LogP contribution < -0.4 is 20.6 Å². The maximum absolute atomic E-state index is 12.6. The van der Waals surface area contributed by atoms with Gasteiger partial charge >= 0.3 is 0 Å². The van der Waals surface area contributed by atoms with Crippen molar-refractivity contribution in [2.24, 2.45) is 0 Å². The summed E-state index contributed by atoms with van der Waals surface area (Å²) in [6.45, 7) is 6.03. The molecule has 0 saturated carbocycles. The minimum atomic E-state index is -0.583.